The quantitative estimate of drug-likeness (QED) is 0.856. The summed E-state index contributed by atoms with van der Waals surface area (Å²) in [5.74, 6) is 0.381. The third-order valence-electron chi connectivity index (χ3n) is 5.07. The van der Waals surface area contributed by atoms with E-state index < -0.39 is 5.54 Å². The SMILES string of the molecule is CC(O)C1CCN(C(=O)C2(N)Cc3ccccc3C2)CC1. The molecular weight excluding hydrogens is 264 g/mol. The van der Waals surface area contributed by atoms with Crippen LogP contribution in [0, 0.1) is 5.92 Å². The van der Waals surface area contributed by atoms with Crippen LogP contribution >= 0.6 is 0 Å². The normalized spacial score (nSPS) is 22.9. The molecule has 1 aliphatic heterocycles. The van der Waals surface area contributed by atoms with Crippen LogP contribution in [0.1, 0.15) is 30.9 Å². The maximum Gasteiger partial charge on any atom is 0.243 e. The number of benzene rings is 1. The van der Waals surface area contributed by atoms with Crippen LogP contribution in [0.5, 0.6) is 0 Å². The van der Waals surface area contributed by atoms with Gasteiger partial charge < -0.3 is 15.7 Å². The van der Waals surface area contributed by atoms with Gasteiger partial charge in [-0.1, -0.05) is 24.3 Å². The van der Waals surface area contributed by atoms with Crippen LogP contribution in [0.4, 0.5) is 0 Å². The summed E-state index contributed by atoms with van der Waals surface area (Å²) >= 11 is 0. The zero-order chi connectivity index (χ0) is 15.0. The topological polar surface area (TPSA) is 66.6 Å². The minimum atomic E-state index is -0.776. The molecule has 0 aromatic heterocycles. The van der Waals surface area contributed by atoms with E-state index in [0.29, 0.717) is 31.8 Å². The average Bonchev–Trinajstić information content (AvgIpc) is 2.84. The molecule has 0 spiro atoms. The van der Waals surface area contributed by atoms with E-state index in [1.54, 1.807) is 0 Å². The van der Waals surface area contributed by atoms with Gasteiger partial charge in [0.05, 0.1) is 6.10 Å². The molecule has 0 bridgehead atoms. The van der Waals surface area contributed by atoms with Crippen LogP contribution in [-0.2, 0) is 17.6 Å². The Morgan fingerprint density at radius 3 is 2.29 bits per heavy atom. The van der Waals surface area contributed by atoms with Gasteiger partial charge in [-0.05, 0) is 49.7 Å². The number of hydrogen-bond donors (Lipinski definition) is 2. The van der Waals surface area contributed by atoms with Crippen molar-refractivity contribution in [2.75, 3.05) is 13.1 Å². The van der Waals surface area contributed by atoms with E-state index in [1.165, 1.54) is 11.1 Å². The molecule has 1 fully saturated rings. The summed E-state index contributed by atoms with van der Waals surface area (Å²) in [6.45, 7) is 3.26. The van der Waals surface area contributed by atoms with Crippen molar-refractivity contribution >= 4 is 5.91 Å². The molecule has 3 rings (SSSR count). The molecule has 114 valence electrons. The third kappa shape index (κ3) is 2.70. The second-order valence-corrected chi connectivity index (χ2v) is 6.65. The third-order valence-corrected chi connectivity index (χ3v) is 5.07. The van der Waals surface area contributed by atoms with Gasteiger partial charge in [0.2, 0.25) is 5.91 Å². The number of carbonyl (C=O) groups excluding carboxylic acids is 1. The van der Waals surface area contributed by atoms with Crippen molar-refractivity contribution in [3.8, 4) is 0 Å². The zero-order valence-electron chi connectivity index (χ0n) is 12.6. The number of nitrogens with two attached hydrogens (primary N) is 1. The van der Waals surface area contributed by atoms with Crippen molar-refractivity contribution in [3.05, 3.63) is 35.4 Å². The van der Waals surface area contributed by atoms with E-state index >= 15 is 0 Å². The highest BCUT2D eigenvalue weighted by Crippen LogP contribution is 2.31. The summed E-state index contributed by atoms with van der Waals surface area (Å²) < 4.78 is 0. The molecule has 1 aromatic carbocycles. The van der Waals surface area contributed by atoms with E-state index in [0.717, 1.165) is 12.8 Å². The number of aliphatic hydroxyl groups is 1. The molecule has 3 N–H and O–H groups in total. The Labute approximate surface area is 125 Å². The second kappa shape index (κ2) is 5.43. The van der Waals surface area contributed by atoms with Crippen LogP contribution in [0.25, 0.3) is 0 Å². The minimum absolute atomic E-state index is 0.0720. The number of piperidine rings is 1. The molecule has 1 aliphatic carbocycles. The molecule has 0 saturated carbocycles. The number of aliphatic hydroxyl groups excluding tert-OH is 1. The summed E-state index contributed by atoms with van der Waals surface area (Å²) in [7, 11) is 0. The van der Waals surface area contributed by atoms with Crippen LogP contribution in [0.3, 0.4) is 0 Å². The molecule has 1 amide bonds. The second-order valence-electron chi connectivity index (χ2n) is 6.65. The fourth-order valence-electron chi connectivity index (χ4n) is 3.70. The van der Waals surface area contributed by atoms with Crippen molar-refractivity contribution in [2.45, 2.75) is 44.2 Å². The number of carbonyl (C=O) groups is 1. The van der Waals surface area contributed by atoms with Gasteiger partial charge in [-0.2, -0.15) is 0 Å². The van der Waals surface area contributed by atoms with E-state index in [1.807, 2.05) is 24.0 Å². The van der Waals surface area contributed by atoms with Gasteiger partial charge in [-0.3, -0.25) is 4.79 Å². The van der Waals surface area contributed by atoms with Gasteiger partial charge in [0.1, 0.15) is 5.54 Å². The van der Waals surface area contributed by atoms with Crippen molar-refractivity contribution in [1.82, 2.24) is 4.90 Å². The Bertz CT molecular complexity index is 508. The monoisotopic (exact) mass is 288 g/mol. The van der Waals surface area contributed by atoms with Gasteiger partial charge in [0, 0.05) is 13.1 Å². The highest BCUT2D eigenvalue weighted by molar-refractivity contribution is 5.88. The molecule has 1 aromatic rings. The molecule has 4 nitrogen and oxygen atoms in total. The van der Waals surface area contributed by atoms with Crippen LogP contribution in [0.15, 0.2) is 24.3 Å². The first-order valence-electron chi connectivity index (χ1n) is 7.83. The molecular formula is C17H24N2O2. The smallest absolute Gasteiger partial charge is 0.243 e. The van der Waals surface area contributed by atoms with Crippen molar-refractivity contribution in [1.29, 1.82) is 0 Å². The fourth-order valence-corrected chi connectivity index (χ4v) is 3.70. The standard InChI is InChI=1S/C17H24N2O2/c1-12(20)13-6-8-19(9-7-13)16(21)17(18)10-14-4-2-3-5-15(14)11-17/h2-5,12-13,20H,6-11,18H2,1H3. The summed E-state index contributed by atoms with van der Waals surface area (Å²) in [6, 6.07) is 8.14. The van der Waals surface area contributed by atoms with Crippen LogP contribution < -0.4 is 5.73 Å². The van der Waals surface area contributed by atoms with Gasteiger partial charge in [-0.25, -0.2) is 0 Å². The van der Waals surface area contributed by atoms with E-state index in [4.69, 9.17) is 5.73 Å². The van der Waals surface area contributed by atoms with Gasteiger partial charge in [0.25, 0.3) is 0 Å². The number of nitrogens with zero attached hydrogens (tertiary/aromatic N) is 1. The lowest BCUT2D eigenvalue weighted by Gasteiger charge is -2.37. The molecule has 1 unspecified atom stereocenters. The lowest BCUT2D eigenvalue weighted by molar-refractivity contribution is -0.138. The number of likely N-dealkylation sites (tertiary alicyclic amines) is 1. The van der Waals surface area contributed by atoms with E-state index in [9.17, 15) is 9.90 Å². The lowest BCUT2D eigenvalue weighted by Crippen LogP contribution is -2.57. The first kappa shape index (κ1) is 14.5. The van der Waals surface area contributed by atoms with Crippen LogP contribution in [-0.4, -0.2) is 40.6 Å². The first-order valence-corrected chi connectivity index (χ1v) is 7.83. The summed E-state index contributed by atoms with van der Waals surface area (Å²) in [6.07, 6.45) is 2.72. The molecule has 2 aliphatic rings. The Balaban J connectivity index is 1.67. The van der Waals surface area contributed by atoms with Gasteiger partial charge in [-0.15, -0.1) is 0 Å². The predicted molar refractivity (Wildman–Crippen MR) is 81.8 cm³/mol. The molecule has 4 heteroatoms. The first-order chi connectivity index (χ1) is 9.99. The number of hydrogen-bond acceptors (Lipinski definition) is 3. The van der Waals surface area contributed by atoms with Crippen LogP contribution in [0.2, 0.25) is 0 Å². The van der Waals surface area contributed by atoms with Crippen molar-refractivity contribution in [2.24, 2.45) is 11.7 Å². The Kier molecular flexibility index (Phi) is 3.76. The highest BCUT2D eigenvalue weighted by Gasteiger charge is 2.43. The van der Waals surface area contributed by atoms with Gasteiger partial charge in [0.15, 0.2) is 0 Å². The Hall–Kier alpha value is -1.39. The fraction of sp³-hybridized carbons (Fsp3) is 0.588. The maximum absolute atomic E-state index is 12.8. The van der Waals surface area contributed by atoms with Gasteiger partial charge >= 0.3 is 0 Å². The Morgan fingerprint density at radius 1 is 1.29 bits per heavy atom. The summed E-state index contributed by atoms with van der Waals surface area (Å²) in [4.78, 5) is 14.7. The molecule has 1 heterocycles. The largest absolute Gasteiger partial charge is 0.393 e. The molecule has 1 atom stereocenters. The molecule has 1 saturated heterocycles. The number of fused-ring (bicyclic) bond motifs is 1. The zero-order valence-corrected chi connectivity index (χ0v) is 12.6. The summed E-state index contributed by atoms with van der Waals surface area (Å²) in [5.41, 5.74) is 8.06. The Morgan fingerprint density at radius 2 is 1.81 bits per heavy atom. The van der Waals surface area contributed by atoms with E-state index in [-0.39, 0.29) is 12.0 Å². The average molecular weight is 288 g/mol. The minimum Gasteiger partial charge on any atom is -0.393 e. The van der Waals surface area contributed by atoms with Crippen molar-refractivity contribution in [3.63, 3.8) is 0 Å². The lowest BCUT2D eigenvalue weighted by atomic mass is 9.89. The maximum atomic E-state index is 12.8. The number of amides is 1. The molecule has 21 heavy (non-hydrogen) atoms. The predicted octanol–water partition coefficient (Wildman–Crippen LogP) is 1.10. The highest BCUT2D eigenvalue weighted by atomic mass is 16.3. The molecule has 0 radical (unpaired) electrons. The van der Waals surface area contributed by atoms with E-state index in [2.05, 4.69) is 12.1 Å². The van der Waals surface area contributed by atoms with Crippen molar-refractivity contribution < 1.29 is 9.90 Å². The number of rotatable bonds is 2. The summed E-state index contributed by atoms with van der Waals surface area (Å²) in [5, 5.41) is 9.65.